The normalized spacial score (nSPS) is 14.8. The van der Waals surface area contributed by atoms with Gasteiger partial charge in [-0.3, -0.25) is 9.78 Å². The van der Waals surface area contributed by atoms with Crippen molar-refractivity contribution in [3.05, 3.63) is 47.7 Å². The van der Waals surface area contributed by atoms with E-state index >= 15 is 0 Å². The molecule has 2 aromatic heterocycles. The summed E-state index contributed by atoms with van der Waals surface area (Å²) in [6.07, 6.45) is 5.70. The fraction of sp³-hybridized carbons (Fsp3) is 0.412. The van der Waals surface area contributed by atoms with Gasteiger partial charge >= 0.3 is 0 Å². The summed E-state index contributed by atoms with van der Waals surface area (Å²) in [4.78, 5) is 26.9. The monoisotopic (exact) mass is 327 g/mol. The van der Waals surface area contributed by atoms with Gasteiger partial charge < -0.3 is 15.3 Å². The van der Waals surface area contributed by atoms with Gasteiger partial charge in [0.05, 0.1) is 23.9 Å². The van der Waals surface area contributed by atoms with E-state index < -0.39 is 6.10 Å². The van der Waals surface area contributed by atoms with Crippen molar-refractivity contribution in [2.75, 3.05) is 18.4 Å². The van der Waals surface area contributed by atoms with Crippen LogP contribution in [0.25, 0.3) is 0 Å². The van der Waals surface area contributed by atoms with Gasteiger partial charge in [0, 0.05) is 31.0 Å². The first-order chi connectivity index (χ1) is 11.7. The summed E-state index contributed by atoms with van der Waals surface area (Å²) >= 11 is 0. The predicted molar refractivity (Wildman–Crippen MR) is 89.5 cm³/mol. The minimum absolute atomic E-state index is 0.0386. The molecule has 0 saturated heterocycles. The molecule has 0 aliphatic carbocycles. The smallest absolute Gasteiger partial charge is 0.255 e. The molecule has 0 unspecified atom stereocenters. The Morgan fingerprint density at radius 2 is 2.33 bits per heavy atom. The first-order valence-corrected chi connectivity index (χ1v) is 8.13. The van der Waals surface area contributed by atoms with Crippen LogP contribution in [0.1, 0.15) is 35.0 Å². The Hall–Kier alpha value is -2.54. The molecule has 1 aliphatic heterocycles. The van der Waals surface area contributed by atoms with E-state index in [4.69, 9.17) is 0 Å². The lowest BCUT2D eigenvalue weighted by Gasteiger charge is -2.29. The zero-order valence-corrected chi connectivity index (χ0v) is 13.6. The Balaban J connectivity index is 1.73. The fourth-order valence-corrected chi connectivity index (χ4v) is 2.71. The van der Waals surface area contributed by atoms with Crippen molar-refractivity contribution in [1.29, 1.82) is 0 Å². The molecular weight excluding hydrogens is 306 g/mol. The average molecular weight is 327 g/mol. The van der Waals surface area contributed by atoms with Gasteiger partial charge in [-0.1, -0.05) is 6.92 Å². The summed E-state index contributed by atoms with van der Waals surface area (Å²) in [6, 6.07) is 3.53. The van der Waals surface area contributed by atoms with Gasteiger partial charge in [0.25, 0.3) is 5.91 Å². The molecule has 24 heavy (non-hydrogen) atoms. The third-order valence-electron chi connectivity index (χ3n) is 4.18. The van der Waals surface area contributed by atoms with Crippen molar-refractivity contribution in [1.82, 2.24) is 19.9 Å². The Bertz CT molecular complexity index is 707. The van der Waals surface area contributed by atoms with E-state index in [1.54, 1.807) is 29.4 Å². The molecule has 0 bridgehead atoms. The Morgan fingerprint density at radius 3 is 3.08 bits per heavy atom. The minimum Gasteiger partial charge on any atom is -0.391 e. The molecule has 7 heteroatoms. The number of aromatic nitrogens is 3. The number of carbonyl (C=O) groups excluding carboxylic acids is 1. The quantitative estimate of drug-likeness (QED) is 0.859. The standard InChI is InChI=1S/C17H21N5O2/c1-2-13(23)9-19-16-14-5-7-22(10-15(14)20-11-21-16)17(24)12-4-3-6-18-8-12/h3-4,6,8,11,13,23H,2,5,7,9-10H2,1H3,(H,19,20,21)/t13-/m1/s1. The van der Waals surface area contributed by atoms with Crippen LogP contribution in [0.2, 0.25) is 0 Å². The lowest BCUT2D eigenvalue weighted by Crippen LogP contribution is -2.37. The molecular formula is C17H21N5O2. The second kappa shape index (κ2) is 7.35. The lowest BCUT2D eigenvalue weighted by molar-refractivity contribution is 0.0731. The first kappa shape index (κ1) is 16.3. The average Bonchev–Trinajstić information content (AvgIpc) is 2.65. The van der Waals surface area contributed by atoms with E-state index in [-0.39, 0.29) is 5.91 Å². The molecule has 0 spiro atoms. The van der Waals surface area contributed by atoms with Gasteiger partial charge in [-0.25, -0.2) is 9.97 Å². The number of carbonyl (C=O) groups is 1. The number of pyridine rings is 1. The topological polar surface area (TPSA) is 91.2 Å². The molecule has 0 fully saturated rings. The van der Waals surface area contributed by atoms with E-state index in [0.717, 1.165) is 17.1 Å². The van der Waals surface area contributed by atoms with Crippen LogP contribution in [0, 0.1) is 0 Å². The Morgan fingerprint density at radius 1 is 1.46 bits per heavy atom. The molecule has 0 radical (unpaired) electrons. The number of hydrogen-bond acceptors (Lipinski definition) is 6. The van der Waals surface area contributed by atoms with Crippen LogP contribution in [0.3, 0.4) is 0 Å². The molecule has 3 rings (SSSR count). The minimum atomic E-state index is -0.400. The van der Waals surface area contributed by atoms with Crippen LogP contribution in [0.4, 0.5) is 5.82 Å². The Kier molecular flexibility index (Phi) is 5.00. The number of nitrogens with zero attached hydrogens (tertiary/aromatic N) is 4. The second-order valence-electron chi connectivity index (χ2n) is 5.81. The van der Waals surface area contributed by atoms with Gasteiger partial charge in [0.2, 0.25) is 0 Å². The van der Waals surface area contributed by atoms with E-state index in [1.807, 2.05) is 6.92 Å². The predicted octanol–water partition coefficient (Wildman–Crippen LogP) is 1.25. The van der Waals surface area contributed by atoms with Crippen LogP contribution in [0.15, 0.2) is 30.9 Å². The van der Waals surface area contributed by atoms with Gasteiger partial charge in [-0.2, -0.15) is 0 Å². The summed E-state index contributed by atoms with van der Waals surface area (Å²) < 4.78 is 0. The second-order valence-corrected chi connectivity index (χ2v) is 5.81. The SMILES string of the molecule is CC[C@@H](O)CNc1ncnc2c1CCN(C(=O)c1cccnc1)C2. The number of hydrogen-bond donors (Lipinski definition) is 2. The highest BCUT2D eigenvalue weighted by Crippen LogP contribution is 2.23. The van der Waals surface area contributed by atoms with Gasteiger partial charge in [0.15, 0.2) is 0 Å². The summed E-state index contributed by atoms with van der Waals surface area (Å²) in [5.74, 6) is 0.712. The number of rotatable bonds is 5. The van der Waals surface area contributed by atoms with Crippen LogP contribution in [-0.4, -0.2) is 50.1 Å². The van der Waals surface area contributed by atoms with Crippen molar-refractivity contribution in [2.24, 2.45) is 0 Å². The first-order valence-electron chi connectivity index (χ1n) is 8.13. The molecule has 3 heterocycles. The zero-order chi connectivity index (χ0) is 16.9. The van der Waals surface area contributed by atoms with Crippen LogP contribution < -0.4 is 5.32 Å². The zero-order valence-electron chi connectivity index (χ0n) is 13.6. The van der Waals surface area contributed by atoms with E-state index in [1.165, 1.54) is 6.33 Å². The fourth-order valence-electron chi connectivity index (χ4n) is 2.71. The maximum Gasteiger partial charge on any atom is 0.255 e. The molecule has 2 N–H and O–H groups in total. The number of aliphatic hydroxyl groups excluding tert-OH is 1. The molecule has 0 aromatic carbocycles. The molecule has 2 aromatic rings. The molecule has 126 valence electrons. The van der Waals surface area contributed by atoms with Crippen molar-refractivity contribution in [3.8, 4) is 0 Å². The molecule has 7 nitrogen and oxygen atoms in total. The number of anilines is 1. The van der Waals surface area contributed by atoms with Gasteiger partial charge in [-0.05, 0) is 25.0 Å². The summed E-state index contributed by atoms with van der Waals surface area (Å²) in [6.45, 7) is 3.46. The highest BCUT2D eigenvalue weighted by Gasteiger charge is 2.25. The lowest BCUT2D eigenvalue weighted by atomic mass is 10.0. The number of nitrogens with one attached hydrogen (secondary N) is 1. The van der Waals surface area contributed by atoms with E-state index in [9.17, 15) is 9.90 Å². The largest absolute Gasteiger partial charge is 0.391 e. The Labute approximate surface area is 140 Å². The molecule has 0 saturated carbocycles. The van der Waals surface area contributed by atoms with Crippen molar-refractivity contribution < 1.29 is 9.90 Å². The summed E-state index contributed by atoms with van der Waals surface area (Å²) in [7, 11) is 0. The van der Waals surface area contributed by atoms with Crippen molar-refractivity contribution in [2.45, 2.75) is 32.4 Å². The summed E-state index contributed by atoms with van der Waals surface area (Å²) in [5, 5.41) is 12.9. The van der Waals surface area contributed by atoms with Crippen molar-refractivity contribution >= 4 is 11.7 Å². The third-order valence-corrected chi connectivity index (χ3v) is 4.18. The molecule has 1 aliphatic rings. The van der Waals surface area contributed by atoms with E-state index in [2.05, 4.69) is 20.3 Å². The highest BCUT2D eigenvalue weighted by molar-refractivity contribution is 5.94. The van der Waals surface area contributed by atoms with Gasteiger partial charge in [0.1, 0.15) is 12.1 Å². The highest BCUT2D eigenvalue weighted by atomic mass is 16.3. The summed E-state index contributed by atoms with van der Waals surface area (Å²) in [5.41, 5.74) is 2.46. The van der Waals surface area contributed by atoms with E-state index in [0.29, 0.717) is 38.0 Å². The number of amides is 1. The number of fused-ring (bicyclic) bond motifs is 1. The van der Waals surface area contributed by atoms with Crippen molar-refractivity contribution in [3.63, 3.8) is 0 Å². The molecule has 1 atom stereocenters. The third kappa shape index (κ3) is 3.51. The number of aliphatic hydroxyl groups is 1. The van der Waals surface area contributed by atoms with Crippen LogP contribution in [0.5, 0.6) is 0 Å². The van der Waals surface area contributed by atoms with Crippen LogP contribution >= 0.6 is 0 Å². The maximum absolute atomic E-state index is 12.5. The molecule has 1 amide bonds. The van der Waals surface area contributed by atoms with Crippen LogP contribution in [-0.2, 0) is 13.0 Å². The maximum atomic E-state index is 12.5. The van der Waals surface area contributed by atoms with Gasteiger partial charge in [-0.15, -0.1) is 0 Å².